The van der Waals surface area contributed by atoms with Crippen molar-refractivity contribution in [1.29, 1.82) is 0 Å². The van der Waals surface area contributed by atoms with Gasteiger partial charge in [0.15, 0.2) is 11.6 Å². The number of halogens is 2. The van der Waals surface area contributed by atoms with Crippen LogP contribution < -0.4 is 10.1 Å². The van der Waals surface area contributed by atoms with Gasteiger partial charge in [-0.05, 0) is 30.5 Å². The summed E-state index contributed by atoms with van der Waals surface area (Å²) in [6, 6.07) is 5.55. The number of aromatic nitrogens is 2. The predicted molar refractivity (Wildman–Crippen MR) is 78.0 cm³/mol. The fourth-order valence-corrected chi connectivity index (χ4v) is 2.56. The summed E-state index contributed by atoms with van der Waals surface area (Å²) in [6.07, 6.45) is 0. The summed E-state index contributed by atoms with van der Waals surface area (Å²) in [5.74, 6) is -1.62. The van der Waals surface area contributed by atoms with Gasteiger partial charge >= 0.3 is 0 Å². The van der Waals surface area contributed by atoms with Crippen molar-refractivity contribution in [3.05, 3.63) is 41.3 Å². The maximum absolute atomic E-state index is 13.7. The molecule has 0 aliphatic carbocycles. The highest BCUT2D eigenvalue weighted by atomic mass is 32.1. The van der Waals surface area contributed by atoms with Gasteiger partial charge < -0.3 is 10.1 Å². The fourth-order valence-electron chi connectivity index (χ4n) is 1.81. The van der Waals surface area contributed by atoms with Crippen LogP contribution in [0.2, 0.25) is 0 Å². The van der Waals surface area contributed by atoms with E-state index in [-0.39, 0.29) is 11.6 Å². The molecule has 0 fully saturated rings. The van der Waals surface area contributed by atoms with E-state index in [1.165, 1.54) is 23.5 Å². The van der Waals surface area contributed by atoms with Crippen LogP contribution in [0.25, 0.3) is 10.2 Å². The minimum atomic E-state index is -1.04. The summed E-state index contributed by atoms with van der Waals surface area (Å²) in [5.41, 5.74) is 0. The number of ether oxygens (including phenoxy) is 1. The number of nitrogens with one attached hydrogen (secondary N) is 1. The first-order chi connectivity index (χ1) is 10.2. The van der Waals surface area contributed by atoms with Crippen LogP contribution in [-0.2, 0) is 0 Å². The number of rotatable bonds is 4. The second-order valence-electron chi connectivity index (χ2n) is 4.18. The van der Waals surface area contributed by atoms with E-state index in [1.807, 2.05) is 12.3 Å². The SMILES string of the molecule is CCNc1nc(Oc2cccc(F)c2F)c2ccsc2n1. The molecule has 0 bridgehead atoms. The van der Waals surface area contributed by atoms with Gasteiger partial charge in [-0.3, -0.25) is 0 Å². The van der Waals surface area contributed by atoms with E-state index in [4.69, 9.17) is 4.74 Å². The average molecular weight is 307 g/mol. The molecule has 0 saturated carbocycles. The third-order valence-electron chi connectivity index (χ3n) is 2.75. The Morgan fingerprint density at radius 2 is 2.10 bits per heavy atom. The maximum Gasteiger partial charge on any atom is 0.233 e. The second-order valence-corrected chi connectivity index (χ2v) is 5.07. The number of hydrogen-bond acceptors (Lipinski definition) is 5. The van der Waals surface area contributed by atoms with E-state index in [1.54, 1.807) is 6.07 Å². The standard InChI is InChI=1S/C14H11F2N3OS/c1-2-17-14-18-12(8-6-7-21-13(8)19-14)20-10-5-3-4-9(15)11(10)16/h3-7H,2H2,1H3,(H,17,18,19). The van der Waals surface area contributed by atoms with Crippen LogP contribution in [0, 0.1) is 11.6 Å². The topological polar surface area (TPSA) is 47.0 Å². The number of nitrogens with zero attached hydrogens (tertiary/aromatic N) is 2. The molecule has 3 aromatic rings. The molecule has 108 valence electrons. The van der Waals surface area contributed by atoms with Crippen molar-refractivity contribution >= 4 is 27.5 Å². The Balaban J connectivity index is 2.06. The zero-order chi connectivity index (χ0) is 14.8. The number of anilines is 1. The van der Waals surface area contributed by atoms with Gasteiger partial charge in [-0.2, -0.15) is 9.37 Å². The molecule has 21 heavy (non-hydrogen) atoms. The largest absolute Gasteiger partial charge is 0.435 e. The minimum absolute atomic E-state index is 0.196. The summed E-state index contributed by atoms with van der Waals surface area (Å²) in [6.45, 7) is 2.55. The van der Waals surface area contributed by atoms with Crippen molar-refractivity contribution in [1.82, 2.24) is 9.97 Å². The van der Waals surface area contributed by atoms with Crippen LogP contribution in [0.15, 0.2) is 29.6 Å². The third-order valence-corrected chi connectivity index (χ3v) is 3.55. The highest BCUT2D eigenvalue weighted by Crippen LogP contribution is 2.32. The number of thiophene rings is 1. The van der Waals surface area contributed by atoms with Crippen LogP contribution in [0.4, 0.5) is 14.7 Å². The second kappa shape index (κ2) is 5.61. The van der Waals surface area contributed by atoms with Gasteiger partial charge in [-0.15, -0.1) is 11.3 Å². The molecule has 2 aromatic heterocycles. The van der Waals surface area contributed by atoms with Gasteiger partial charge in [0.1, 0.15) is 4.83 Å². The van der Waals surface area contributed by atoms with Crippen LogP contribution in [0.3, 0.4) is 0 Å². The van der Waals surface area contributed by atoms with E-state index >= 15 is 0 Å². The van der Waals surface area contributed by atoms with Gasteiger partial charge in [0.05, 0.1) is 5.39 Å². The van der Waals surface area contributed by atoms with Crippen molar-refractivity contribution < 1.29 is 13.5 Å². The first-order valence-electron chi connectivity index (χ1n) is 6.30. The van der Waals surface area contributed by atoms with E-state index in [0.717, 1.165) is 6.07 Å². The lowest BCUT2D eigenvalue weighted by Gasteiger charge is -2.09. The highest BCUT2D eigenvalue weighted by Gasteiger charge is 2.14. The quantitative estimate of drug-likeness (QED) is 0.785. The number of hydrogen-bond donors (Lipinski definition) is 1. The lowest BCUT2D eigenvalue weighted by molar-refractivity contribution is 0.409. The Bertz CT molecular complexity index is 791. The van der Waals surface area contributed by atoms with E-state index in [2.05, 4.69) is 15.3 Å². The van der Waals surface area contributed by atoms with Gasteiger partial charge in [0, 0.05) is 6.54 Å². The summed E-state index contributed by atoms with van der Waals surface area (Å²) < 4.78 is 32.4. The average Bonchev–Trinajstić information content (AvgIpc) is 2.93. The van der Waals surface area contributed by atoms with Crippen molar-refractivity contribution in [3.63, 3.8) is 0 Å². The Labute approximate surface area is 123 Å². The van der Waals surface area contributed by atoms with Gasteiger partial charge in [-0.1, -0.05) is 6.07 Å². The zero-order valence-electron chi connectivity index (χ0n) is 11.1. The molecule has 0 spiro atoms. The molecule has 3 rings (SSSR count). The van der Waals surface area contributed by atoms with Gasteiger partial charge in [-0.25, -0.2) is 9.37 Å². The Morgan fingerprint density at radius 3 is 2.90 bits per heavy atom. The summed E-state index contributed by atoms with van der Waals surface area (Å²) in [5, 5.41) is 5.47. The molecule has 0 unspecified atom stereocenters. The summed E-state index contributed by atoms with van der Waals surface area (Å²) >= 11 is 1.42. The number of fused-ring (bicyclic) bond motifs is 1. The molecule has 0 aliphatic heterocycles. The van der Waals surface area contributed by atoms with Crippen molar-refractivity contribution in [2.75, 3.05) is 11.9 Å². The molecule has 0 atom stereocenters. The van der Waals surface area contributed by atoms with Crippen molar-refractivity contribution in [2.24, 2.45) is 0 Å². The van der Waals surface area contributed by atoms with Gasteiger partial charge in [0.25, 0.3) is 0 Å². The molecule has 0 radical (unpaired) electrons. The molecule has 0 saturated heterocycles. The molecule has 4 nitrogen and oxygen atoms in total. The molecule has 1 aromatic carbocycles. The highest BCUT2D eigenvalue weighted by molar-refractivity contribution is 7.16. The van der Waals surface area contributed by atoms with Crippen LogP contribution in [0.1, 0.15) is 6.92 Å². The third kappa shape index (κ3) is 2.64. The molecule has 0 amide bonds. The first-order valence-corrected chi connectivity index (χ1v) is 7.18. The zero-order valence-corrected chi connectivity index (χ0v) is 11.9. The molecular weight excluding hydrogens is 296 g/mol. The maximum atomic E-state index is 13.7. The van der Waals surface area contributed by atoms with Gasteiger partial charge in [0.2, 0.25) is 17.6 Å². The van der Waals surface area contributed by atoms with Crippen LogP contribution >= 0.6 is 11.3 Å². The minimum Gasteiger partial charge on any atom is -0.435 e. The summed E-state index contributed by atoms with van der Waals surface area (Å²) in [4.78, 5) is 9.23. The van der Waals surface area contributed by atoms with E-state index in [0.29, 0.717) is 22.7 Å². The normalized spacial score (nSPS) is 10.8. The van der Waals surface area contributed by atoms with Crippen LogP contribution in [-0.4, -0.2) is 16.5 Å². The molecule has 2 heterocycles. The van der Waals surface area contributed by atoms with Crippen molar-refractivity contribution in [2.45, 2.75) is 6.92 Å². The Kier molecular flexibility index (Phi) is 3.66. The molecule has 0 aliphatic rings. The Morgan fingerprint density at radius 1 is 1.24 bits per heavy atom. The summed E-state index contributed by atoms with van der Waals surface area (Å²) in [7, 11) is 0. The van der Waals surface area contributed by atoms with E-state index < -0.39 is 11.6 Å². The lowest BCUT2D eigenvalue weighted by atomic mass is 10.3. The number of benzene rings is 1. The predicted octanol–water partition coefficient (Wildman–Crippen LogP) is 4.19. The fraction of sp³-hybridized carbons (Fsp3) is 0.143. The molecular formula is C14H11F2N3OS. The van der Waals surface area contributed by atoms with Crippen molar-refractivity contribution in [3.8, 4) is 11.6 Å². The lowest BCUT2D eigenvalue weighted by Crippen LogP contribution is -2.03. The molecule has 1 N–H and O–H groups in total. The monoisotopic (exact) mass is 307 g/mol. The molecule has 7 heteroatoms. The first kappa shape index (κ1) is 13.7. The smallest absolute Gasteiger partial charge is 0.233 e. The van der Waals surface area contributed by atoms with E-state index in [9.17, 15) is 8.78 Å². The Hall–Kier alpha value is -2.28. The van der Waals surface area contributed by atoms with Crippen LogP contribution in [0.5, 0.6) is 11.6 Å².